The van der Waals surface area contributed by atoms with Gasteiger partial charge in [-0.25, -0.2) is 13.4 Å². The maximum Gasteiger partial charge on any atom is 0.252 e. The molecule has 0 radical (unpaired) electrons. The maximum atomic E-state index is 12.9. The van der Waals surface area contributed by atoms with Crippen LogP contribution in [0.15, 0.2) is 46.7 Å². The summed E-state index contributed by atoms with van der Waals surface area (Å²) in [4.78, 5) is 30.0. The van der Waals surface area contributed by atoms with Crippen LogP contribution in [0.4, 0.5) is 5.13 Å². The van der Waals surface area contributed by atoms with Gasteiger partial charge in [0, 0.05) is 25.6 Å². The molecule has 1 aliphatic heterocycles. The summed E-state index contributed by atoms with van der Waals surface area (Å²) in [7, 11) is -3.70. The number of halogens is 1. The molecule has 0 spiro atoms. The summed E-state index contributed by atoms with van der Waals surface area (Å²) in [6.45, 7) is 1.90. The molecule has 11 heteroatoms. The highest BCUT2D eigenvalue weighted by Gasteiger charge is 2.34. The van der Waals surface area contributed by atoms with Gasteiger partial charge in [0.15, 0.2) is 10.9 Å². The molecule has 1 N–H and O–H groups in total. The molecule has 1 unspecified atom stereocenters. The highest BCUT2D eigenvalue weighted by molar-refractivity contribution is 7.91. The number of nitrogens with one attached hydrogen (secondary N) is 1. The van der Waals surface area contributed by atoms with E-state index in [0.717, 1.165) is 28.2 Å². The summed E-state index contributed by atoms with van der Waals surface area (Å²) in [5, 5.41) is 3.11. The highest BCUT2D eigenvalue weighted by Crippen LogP contribution is 2.33. The Hall–Kier alpha value is -2.11. The number of anilines is 1. The zero-order chi connectivity index (χ0) is 22.9. The Morgan fingerprint density at radius 3 is 2.56 bits per heavy atom. The lowest BCUT2D eigenvalue weighted by Gasteiger charge is -2.30. The van der Waals surface area contributed by atoms with Crippen LogP contribution in [0, 0.1) is 5.92 Å². The van der Waals surface area contributed by atoms with E-state index >= 15 is 0 Å². The normalized spacial score (nSPS) is 17.2. The van der Waals surface area contributed by atoms with Gasteiger partial charge in [-0.15, -0.1) is 11.3 Å². The number of piperidine rings is 1. The first-order valence-electron chi connectivity index (χ1n) is 9.89. The molecule has 2 aromatic heterocycles. The van der Waals surface area contributed by atoms with E-state index in [-0.39, 0.29) is 22.4 Å². The minimum absolute atomic E-state index is 0.0835. The predicted molar refractivity (Wildman–Crippen MR) is 127 cm³/mol. The number of ketones is 1. The number of hydrogen-bond acceptors (Lipinski definition) is 7. The van der Waals surface area contributed by atoms with Gasteiger partial charge < -0.3 is 5.32 Å². The number of carbonyl (C=O) groups excluding carboxylic acids is 2. The average Bonchev–Trinajstić information content (AvgIpc) is 3.41. The molecule has 1 aliphatic rings. The zero-order valence-electron chi connectivity index (χ0n) is 17.1. The summed E-state index contributed by atoms with van der Waals surface area (Å²) >= 11 is 8.02. The molecule has 168 valence electrons. The Labute approximate surface area is 199 Å². The fourth-order valence-electron chi connectivity index (χ4n) is 3.55. The van der Waals surface area contributed by atoms with Gasteiger partial charge in [-0.2, -0.15) is 4.31 Å². The van der Waals surface area contributed by atoms with E-state index in [9.17, 15) is 18.0 Å². The van der Waals surface area contributed by atoms with Crippen LogP contribution in [0.25, 0.3) is 11.3 Å². The van der Waals surface area contributed by atoms with Gasteiger partial charge in [-0.3, -0.25) is 9.59 Å². The minimum Gasteiger partial charge on any atom is -0.302 e. The molecule has 0 aliphatic carbocycles. The van der Waals surface area contributed by atoms with Gasteiger partial charge >= 0.3 is 0 Å². The van der Waals surface area contributed by atoms with Crippen LogP contribution in [-0.4, -0.2) is 42.5 Å². The van der Waals surface area contributed by atoms with Gasteiger partial charge in [0.1, 0.15) is 4.21 Å². The lowest BCUT2D eigenvalue weighted by Crippen LogP contribution is -2.43. The molecule has 1 amide bonds. The van der Waals surface area contributed by atoms with Gasteiger partial charge in [0.05, 0.1) is 20.8 Å². The van der Waals surface area contributed by atoms with Crippen LogP contribution in [0.3, 0.4) is 0 Å². The molecule has 4 rings (SSSR count). The summed E-state index contributed by atoms with van der Waals surface area (Å²) in [5.74, 6) is -0.956. The third kappa shape index (κ3) is 4.79. The molecule has 3 aromatic rings. The second-order valence-electron chi connectivity index (χ2n) is 7.37. The second-order valence-corrected chi connectivity index (χ2v) is 12.2. The quantitative estimate of drug-likeness (QED) is 0.483. The fourth-order valence-corrected chi connectivity index (χ4v) is 7.60. The van der Waals surface area contributed by atoms with Crippen LogP contribution < -0.4 is 5.32 Å². The van der Waals surface area contributed by atoms with E-state index in [2.05, 4.69) is 10.3 Å². The number of thiophene rings is 1. The topological polar surface area (TPSA) is 96.4 Å². The third-order valence-corrected chi connectivity index (χ3v) is 9.76. The Bertz CT molecular complexity index is 1250. The molecule has 1 saturated heterocycles. The number of sulfonamides is 1. The van der Waals surface area contributed by atoms with Crippen molar-refractivity contribution in [3.8, 4) is 11.3 Å². The van der Waals surface area contributed by atoms with Crippen molar-refractivity contribution in [1.82, 2.24) is 9.29 Å². The molecule has 1 aromatic carbocycles. The summed E-state index contributed by atoms with van der Waals surface area (Å²) < 4.78 is 27.7. The van der Waals surface area contributed by atoms with Gasteiger partial charge in [-0.05, 0) is 25.0 Å². The summed E-state index contributed by atoms with van der Waals surface area (Å²) in [6.07, 6.45) is 1.14. The monoisotopic (exact) mass is 509 g/mol. The predicted octanol–water partition coefficient (Wildman–Crippen LogP) is 4.77. The molecule has 0 bridgehead atoms. The van der Waals surface area contributed by atoms with E-state index in [1.165, 1.54) is 17.3 Å². The molecule has 7 nitrogen and oxygen atoms in total. The average molecular weight is 510 g/mol. The summed E-state index contributed by atoms with van der Waals surface area (Å²) in [6, 6.07) is 12.3. The highest BCUT2D eigenvalue weighted by atomic mass is 35.5. The number of hydrogen-bond donors (Lipinski definition) is 1. The van der Waals surface area contributed by atoms with Gasteiger partial charge in [-0.1, -0.05) is 53.3 Å². The standard InChI is InChI=1S/C21H20ClN3O4S3/c1-13(26)19-18(14-6-3-2-4-7-14)23-21(31-19)24-20(27)15-8-5-11-25(12-15)32(28,29)17-10-9-16(22)30-17/h2-4,6-7,9-10,15H,5,8,11-12H2,1H3,(H,23,24,27). The third-order valence-electron chi connectivity index (χ3n) is 5.12. The molecule has 0 saturated carbocycles. The second kappa shape index (κ2) is 9.40. The van der Waals surface area contributed by atoms with Crippen molar-refractivity contribution >= 4 is 61.1 Å². The number of thiazole rings is 1. The fraction of sp³-hybridized carbons (Fsp3) is 0.286. The van der Waals surface area contributed by atoms with Crippen molar-refractivity contribution < 1.29 is 18.0 Å². The van der Waals surface area contributed by atoms with E-state index in [1.54, 1.807) is 6.07 Å². The molecule has 3 heterocycles. The summed E-state index contributed by atoms with van der Waals surface area (Å²) in [5.41, 5.74) is 1.32. The molecule has 1 atom stereocenters. The van der Waals surface area contributed by atoms with Crippen molar-refractivity contribution in [3.05, 3.63) is 51.7 Å². The molecular formula is C21H20ClN3O4S3. The Kier molecular flexibility index (Phi) is 6.78. The number of benzene rings is 1. The number of nitrogens with zero attached hydrogens (tertiary/aromatic N) is 2. The largest absolute Gasteiger partial charge is 0.302 e. The Morgan fingerprint density at radius 2 is 1.91 bits per heavy atom. The van der Waals surface area contributed by atoms with Crippen molar-refractivity contribution in [1.29, 1.82) is 0 Å². The zero-order valence-corrected chi connectivity index (χ0v) is 20.3. The van der Waals surface area contributed by atoms with E-state index in [1.807, 2.05) is 30.3 Å². The smallest absolute Gasteiger partial charge is 0.252 e. The van der Waals surface area contributed by atoms with Crippen molar-refractivity contribution in [3.63, 3.8) is 0 Å². The molecule has 1 fully saturated rings. The van der Waals surface area contributed by atoms with Gasteiger partial charge in [0.2, 0.25) is 5.91 Å². The first-order valence-corrected chi connectivity index (χ1v) is 13.3. The van der Waals surface area contributed by atoms with Crippen LogP contribution >= 0.6 is 34.3 Å². The Balaban J connectivity index is 1.51. The number of Topliss-reactive ketones (excluding diaryl/α,β-unsaturated/α-hetero) is 1. The van der Waals surface area contributed by atoms with Crippen LogP contribution in [0.2, 0.25) is 4.34 Å². The molecular weight excluding hydrogens is 490 g/mol. The number of aromatic nitrogens is 1. The first-order chi connectivity index (χ1) is 15.3. The lowest BCUT2D eigenvalue weighted by molar-refractivity contribution is -0.120. The van der Waals surface area contributed by atoms with E-state index in [4.69, 9.17) is 11.6 Å². The van der Waals surface area contributed by atoms with Crippen LogP contribution in [0.1, 0.15) is 29.4 Å². The maximum absolute atomic E-state index is 12.9. The van der Waals surface area contributed by atoms with Crippen molar-refractivity contribution in [2.24, 2.45) is 5.92 Å². The first kappa shape index (κ1) is 23.1. The number of amides is 1. The SMILES string of the molecule is CC(=O)c1sc(NC(=O)C2CCCN(S(=O)(=O)c3ccc(Cl)s3)C2)nc1-c1ccccc1. The number of carbonyl (C=O) groups is 2. The van der Waals surface area contributed by atoms with E-state index in [0.29, 0.717) is 39.4 Å². The van der Waals surface area contributed by atoms with Crippen LogP contribution in [-0.2, 0) is 14.8 Å². The van der Waals surface area contributed by atoms with Crippen molar-refractivity contribution in [2.45, 2.75) is 24.0 Å². The Morgan fingerprint density at radius 1 is 1.16 bits per heavy atom. The number of rotatable bonds is 6. The van der Waals surface area contributed by atoms with Gasteiger partial charge in [0.25, 0.3) is 10.0 Å². The van der Waals surface area contributed by atoms with E-state index < -0.39 is 15.9 Å². The minimum atomic E-state index is -3.70. The lowest BCUT2D eigenvalue weighted by atomic mass is 9.99. The van der Waals surface area contributed by atoms with Crippen LogP contribution in [0.5, 0.6) is 0 Å². The molecule has 32 heavy (non-hydrogen) atoms. The van der Waals surface area contributed by atoms with Crippen molar-refractivity contribution in [2.75, 3.05) is 18.4 Å².